The largest absolute Gasteiger partial charge is 0.492 e. The van der Waals surface area contributed by atoms with Gasteiger partial charge in [-0.1, -0.05) is 6.07 Å². The van der Waals surface area contributed by atoms with Gasteiger partial charge in [-0.2, -0.15) is 0 Å². The summed E-state index contributed by atoms with van der Waals surface area (Å²) in [5.74, 6) is 0.661. The normalized spacial score (nSPS) is 13.1. The van der Waals surface area contributed by atoms with Gasteiger partial charge in [-0.3, -0.25) is 9.78 Å². The standard InChI is InChI=1S/C28H27N5O4S/c1-18-5-9-22(15-24(18)33-28-30-13-11-23(32-28)21-4-3-12-29-16-21)31-27(34)20-8-10-26(38(2,35)36)25(14-20)37-17-19-6-7-19/h3-5,8-16,19H,6-7,17H2,1-2H3,(H,31,34)(H,30,32,33). The number of benzene rings is 2. The van der Waals surface area contributed by atoms with Gasteiger partial charge in [0.15, 0.2) is 9.84 Å². The van der Waals surface area contributed by atoms with Crippen LogP contribution < -0.4 is 15.4 Å². The zero-order chi connectivity index (χ0) is 26.7. The van der Waals surface area contributed by atoms with Crippen molar-refractivity contribution < 1.29 is 17.9 Å². The number of aromatic nitrogens is 3. The fourth-order valence-electron chi connectivity index (χ4n) is 3.81. The first-order valence-corrected chi connectivity index (χ1v) is 14.0. The van der Waals surface area contributed by atoms with Crippen LogP contribution in [-0.2, 0) is 9.84 Å². The average Bonchev–Trinajstić information content (AvgIpc) is 3.74. The quantitative estimate of drug-likeness (QED) is 0.309. The fraction of sp³-hybridized carbons (Fsp3) is 0.214. The summed E-state index contributed by atoms with van der Waals surface area (Å²) in [7, 11) is -3.50. The number of amides is 1. The molecule has 2 N–H and O–H groups in total. The second-order valence-corrected chi connectivity index (χ2v) is 11.3. The molecular formula is C28H27N5O4S. The highest BCUT2D eigenvalue weighted by Gasteiger charge is 2.24. The molecule has 1 aliphatic carbocycles. The van der Waals surface area contributed by atoms with Crippen molar-refractivity contribution >= 4 is 33.1 Å². The highest BCUT2D eigenvalue weighted by atomic mass is 32.2. The Labute approximate surface area is 221 Å². The molecule has 0 aliphatic heterocycles. The number of sulfone groups is 1. The number of hydrogen-bond acceptors (Lipinski definition) is 8. The van der Waals surface area contributed by atoms with Gasteiger partial charge in [-0.15, -0.1) is 0 Å². The van der Waals surface area contributed by atoms with E-state index in [0.717, 1.165) is 41.6 Å². The Bertz CT molecular complexity index is 1590. The van der Waals surface area contributed by atoms with Gasteiger partial charge in [0.2, 0.25) is 5.95 Å². The van der Waals surface area contributed by atoms with Gasteiger partial charge in [0.1, 0.15) is 10.6 Å². The Balaban J connectivity index is 1.34. The van der Waals surface area contributed by atoms with Crippen LogP contribution in [0.3, 0.4) is 0 Å². The van der Waals surface area contributed by atoms with Gasteiger partial charge in [0.05, 0.1) is 12.3 Å². The molecule has 38 heavy (non-hydrogen) atoms. The van der Waals surface area contributed by atoms with Crippen LogP contribution in [0.2, 0.25) is 0 Å². The lowest BCUT2D eigenvalue weighted by Gasteiger charge is -2.14. The minimum atomic E-state index is -3.50. The van der Waals surface area contributed by atoms with E-state index in [0.29, 0.717) is 29.7 Å². The van der Waals surface area contributed by atoms with E-state index in [-0.39, 0.29) is 16.6 Å². The Morgan fingerprint density at radius 2 is 1.92 bits per heavy atom. The molecule has 0 bridgehead atoms. The summed E-state index contributed by atoms with van der Waals surface area (Å²) in [6, 6.07) is 15.4. The first-order valence-electron chi connectivity index (χ1n) is 12.2. The molecule has 0 unspecified atom stereocenters. The van der Waals surface area contributed by atoms with Crippen molar-refractivity contribution in [2.24, 2.45) is 5.92 Å². The summed E-state index contributed by atoms with van der Waals surface area (Å²) in [6.07, 6.45) is 8.37. The molecule has 5 rings (SSSR count). The maximum absolute atomic E-state index is 13.1. The number of aryl methyl sites for hydroxylation is 1. The van der Waals surface area contributed by atoms with Crippen molar-refractivity contribution in [2.75, 3.05) is 23.5 Å². The van der Waals surface area contributed by atoms with E-state index < -0.39 is 9.84 Å². The van der Waals surface area contributed by atoms with E-state index in [1.807, 2.05) is 31.2 Å². The second-order valence-electron chi connectivity index (χ2n) is 9.30. The second kappa shape index (κ2) is 10.6. The monoisotopic (exact) mass is 529 g/mol. The van der Waals surface area contributed by atoms with Crippen molar-refractivity contribution in [2.45, 2.75) is 24.7 Å². The number of carbonyl (C=O) groups excluding carboxylic acids is 1. The average molecular weight is 530 g/mol. The maximum atomic E-state index is 13.1. The van der Waals surface area contributed by atoms with Crippen molar-refractivity contribution in [3.05, 3.63) is 84.3 Å². The van der Waals surface area contributed by atoms with Gasteiger partial charge in [0.25, 0.3) is 5.91 Å². The number of nitrogens with zero attached hydrogens (tertiary/aromatic N) is 3. The van der Waals surface area contributed by atoms with Gasteiger partial charge in [-0.25, -0.2) is 18.4 Å². The van der Waals surface area contributed by atoms with Crippen molar-refractivity contribution in [3.63, 3.8) is 0 Å². The number of rotatable bonds is 9. The van der Waals surface area contributed by atoms with Crippen molar-refractivity contribution in [1.29, 1.82) is 0 Å². The van der Waals surface area contributed by atoms with Crippen LogP contribution in [0, 0.1) is 12.8 Å². The molecule has 0 spiro atoms. The third-order valence-corrected chi connectivity index (χ3v) is 7.27. The number of anilines is 3. The zero-order valence-electron chi connectivity index (χ0n) is 21.0. The zero-order valence-corrected chi connectivity index (χ0v) is 21.8. The van der Waals surface area contributed by atoms with Crippen LogP contribution in [0.4, 0.5) is 17.3 Å². The Morgan fingerprint density at radius 3 is 2.66 bits per heavy atom. The highest BCUT2D eigenvalue weighted by Crippen LogP contribution is 2.32. The third kappa shape index (κ3) is 6.15. The van der Waals surface area contributed by atoms with E-state index in [9.17, 15) is 13.2 Å². The predicted molar refractivity (Wildman–Crippen MR) is 145 cm³/mol. The van der Waals surface area contributed by atoms with Gasteiger partial charge < -0.3 is 15.4 Å². The summed E-state index contributed by atoms with van der Waals surface area (Å²) < 4.78 is 30.2. The summed E-state index contributed by atoms with van der Waals surface area (Å²) in [4.78, 5) is 26.2. The van der Waals surface area contributed by atoms with Gasteiger partial charge in [-0.05, 0) is 79.8 Å². The molecule has 0 saturated heterocycles. The molecule has 2 heterocycles. The molecule has 1 saturated carbocycles. The van der Waals surface area contributed by atoms with Crippen LogP contribution in [0.25, 0.3) is 11.3 Å². The molecule has 4 aromatic rings. The van der Waals surface area contributed by atoms with Crippen LogP contribution in [0.5, 0.6) is 5.75 Å². The lowest BCUT2D eigenvalue weighted by Crippen LogP contribution is -2.14. The highest BCUT2D eigenvalue weighted by molar-refractivity contribution is 7.90. The number of carbonyl (C=O) groups is 1. The summed E-state index contributed by atoms with van der Waals surface area (Å²) in [5.41, 5.74) is 4.12. The molecule has 0 atom stereocenters. The van der Waals surface area contributed by atoms with E-state index in [4.69, 9.17) is 4.74 Å². The third-order valence-electron chi connectivity index (χ3n) is 6.13. The number of pyridine rings is 1. The topological polar surface area (TPSA) is 123 Å². The van der Waals surface area contributed by atoms with E-state index in [2.05, 4.69) is 25.6 Å². The Hall–Kier alpha value is -4.31. The Kier molecular flexibility index (Phi) is 7.06. The van der Waals surface area contributed by atoms with E-state index in [1.165, 1.54) is 18.2 Å². The van der Waals surface area contributed by atoms with Gasteiger partial charge >= 0.3 is 0 Å². The summed E-state index contributed by atoms with van der Waals surface area (Å²) >= 11 is 0. The van der Waals surface area contributed by atoms with Crippen LogP contribution in [0.15, 0.2) is 78.1 Å². The van der Waals surface area contributed by atoms with Gasteiger partial charge in [0, 0.05) is 47.3 Å². The maximum Gasteiger partial charge on any atom is 0.255 e. The minimum absolute atomic E-state index is 0.0741. The number of nitrogens with one attached hydrogen (secondary N) is 2. The summed E-state index contributed by atoms with van der Waals surface area (Å²) in [6.45, 7) is 2.37. The summed E-state index contributed by atoms with van der Waals surface area (Å²) in [5, 5.41) is 6.10. The molecule has 2 aromatic heterocycles. The SMILES string of the molecule is Cc1ccc(NC(=O)c2ccc(S(C)(=O)=O)c(OCC3CC3)c2)cc1Nc1nccc(-c2cccnc2)n1. The van der Waals surface area contributed by atoms with E-state index in [1.54, 1.807) is 30.7 Å². The van der Waals surface area contributed by atoms with Crippen molar-refractivity contribution in [3.8, 4) is 17.0 Å². The smallest absolute Gasteiger partial charge is 0.255 e. The first-order chi connectivity index (χ1) is 18.3. The lowest BCUT2D eigenvalue weighted by molar-refractivity contribution is 0.102. The first kappa shape index (κ1) is 25.3. The fourth-order valence-corrected chi connectivity index (χ4v) is 4.61. The molecule has 1 aliphatic rings. The molecule has 2 aromatic carbocycles. The molecule has 1 fully saturated rings. The number of hydrogen-bond donors (Lipinski definition) is 2. The predicted octanol–water partition coefficient (Wildman–Crippen LogP) is 5.04. The molecule has 194 valence electrons. The number of ether oxygens (including phenoxy) is 1. The van der Waals surface area contributed by atoms with Crippen LogP contribution in [0.1, 0.15) is 28.8 Å². The van der Waals surface area contributed by atoms with E-state index >= 15 is 0 Å². The van der Waals surface area contributed by atoms with Crippen LogP contribution >= 0.6 is 0 Å². The molecular weight excluding hydrogens is 502 g/mol. The lowest BCUT2D eigenvalue weighted by atomic mass is 10.1. The molecule has 0 radical (unpaired) electrons. The Morgan fingerprint density at radius 1 is 1.08 bits per heavy atom. The van der Waals surface area contributed by atoms with Crippen LogP contribution in [-0.4, -0.2) is 42.1 Å². The minimum Gasteiger partial charge on any atom is -0.492 e. The van der Waals surface area contributed by atoms with Crippen molar-refractivity contribution in [1.82, 2.24) is 15.0 Å². The molecule has 9 nitrogen and oxygen atoms in total. The molecule has 1 amide bonds. The molecule has 10 heteroatoms.